The number of hydrogen-bond donors (Lipinski definition) is 1. The van der Waals surface area contributed by atoms with Crippen LogP contribution in [0.1, 0.15) is 20.8 Å². The van der Waals surface area contributed by atoms with E-state index in [1.54, 1.807) is 12.2 Å². The molecule has 2 atom stereocenters. The van der Waals surface area contributed by atoms with Crippen LogP contribution in [0, 0.1) is 0 Å². The van der Waals surface area contributed by atoms with E-state index < -0.39 is 14.4 Å². The molecule has 4 heteroatoms. The van der Waals surface area contributed by atoms with Crippen LogP contribution in [0.5, 0.6) is 0 Å². The Bertz CT molecular complexity index is 243. The molecule has 1 rings (SSSR count). The third-order valence-corrected chi connectivity index (χ3v) is 7.57. The minimum Gasteiger partial charge on any atom is -0.389 e. The van der Waals surface area contributed by atoms with Crippen molar-refractivity contribution >= 4 is 8.32 Å². The van der Waals surface area contributed by atoms with Crippen molar-refractivity contribution in [3.8, 4) is 0 Å². The normalized spacial score (nSPS) is 28.1. The largest absolute Gasteiger partial charge is 0.389 e. The average Bonchev–Trinajstić information content (AvgIpc) is 2.06. The standard InChI is InChI=1S/C11H22O3Si/c1-11(2,3)15(4,5)14-10-7-6-9(12)8-13-10/h6-7,9-10,12H,8H2,1-5H3/t9-,10-/m0/s1. The molecule has 1 heterocycles. The van der Waals surface area contributed by atoms with Crippen LogP contribution in [-0.4, -0.2) is 32.4 Å². The zero-order valence-electron chi connectivity index (χ0n) is 10.3. The summed E-state index contributed by atoms with van der Waals surface area (Å²) in [7, 11) is -1.77. The molecule has 1 aliphatic heterocycles. The molecule has 0 spiro atoms. The van der Waals surface area contributed by atoms with Crippen LogP contribution in [0.15, 0.2) is 12.2 Å². The lowest BCUT2D eigenvalue weighted by molar-refractivity contribution is -0.0857. The van der Waals surface area contributed by atoms with Gasteiger partial charge in [0.25, 0.3) is 0 Å². The van der Waals surface area contributed by atoms with Gasteiger partial charge in [0, 0.05) is 0 Å². The van der Waals surface area contributed by atoms with Gasteiger partial charge in [0.05, 0.1) is 12.7 Å². The summed E-state index contributed by atoms with van der Waals surface area (Å²) >= 11 is 0. The first-order valence-corrected chi connectivity index (χ1v) is 8.29. The maximum atomic E-state index is 9.23. The third-order valence-electron chi connectivity index (χ3n) is 3.14. The highest BCUT2D eigenvalue weighted by atomic mass is 28.4. The fourth-order valence-corrected chi connectivity index (χ4v) is 2.14. The summed E-state index contributed by atoms with van der Waals surface area (Å²) in [5.74, 6) is 0. The molecule has 0 aromatic rings. The van der Waals surface area contributed by atoms with Gasteiger partial charge in [-0.1, -0.05) is 26.8 Å². The van der Waals surface area contributed by atoms with E-state index in [0.29, 0.717) is 6.61 Å². The smallest absolute Gasteiger partial charge is 0.195 e. The third kappa shape index (κ3) is 3.41. The van der Waals surface area contributed by atoms with Crippen LogP contribution in [0.4, 0.5) is 0 Å². The van der Waals surface area contributed by atoms with Crippen molar-refractivity contribution in [3.05, 3.63) is 12.2 Å². The minimum atomic E-state index is -1.77. The van der Waals surface area contributed by atoms with Crippen LogP contribution < -0.4 is 0 Å². The van der Waals surface area contributed by atoms with Crippen molar-refractivity contribution in [2.45, 2.75) is 51.3 Å². The molecule has 1 aliphatic rings. The topological polar surface area (TPSA) is 38.7 Å². The predicted octanol–water partition coefficient (Wildman–Crippen LogP) is 2.28. The molecular weight excluding hydrogens is 208 g/mol. The zero-order valence-corrected chi connectivity index (χ0v) is 11.3. The summed E-state index contributed by atoms with van der Waals surface area (Å²) in [6.07, 6.45) is 2.77. The van der Waals surface area contributed by atoms with Crippen LogP contribution >= 0.6 is 0 Å². The minimum absolute atomic E-state index is 0.181. The monoisotopic (exact) mass is 230 g/mol. The van der Waals surface area contributed by atoms with E-state index in [1.165, 1.54) is 0 Å². The van der Waals surface area contributed by atoms with Gasteiger partial charge in [-0.05, 0) is 24.2 Å². The van der Waals surface area contributed by atoms with Gasteiger partial charge in [-0.2, -0.15) is 0 Å². The lowest BCUT2D eigenvalue weighted by Gasteiger charge is -2.39. The molecule has 15 heavy (non-hydrogen) atoms. The van der Waals surface area contributed by atoms with E-state index in [-0.39, 0.29) is 11.3 Å². The number of hydrogen-bond acceptors (Lipinski definition) is 3. The van der Waals surface area contributed by atoms with Gasteiger partial charge in [0.15, 0.2) is 14.6 Å². The molecule has 0 aromatic heterocycles. The molecule has 0 fully saturated rings. The Morgan fingerprint density at radius 3 is 2.33 bits per heavy atom. The van der Waals surface area contributed by atoms with Crippen LogP contribution in [0.3, 0.4) is 0 Å². The Balaban J connectivity index is 2.59. The van der Waals surface area contributed by atoms with Crippen molar-refractivity contribution in [2.75, 3.05) is 6.61 Å². The van der Waals surface area contributed by atoms with Crippen molar-refractivity contribution in [3.63, 3.8) is 0 Å². The maximum Gasteiger partial charge on any atom is 0.195 e. The molecule has 0 unspecified atom stereocenters. The predicted molar refractivity (Wildman–Crippen MR) is 63.2 cm³/mol. The second-order valence-corrected chi connectivity index (χ2v) is 10.3. The van der Waals surface area contributed by atoms with Crippen molar-refractivity contribution in [1.29, 1.82) is 0 Å². The van der Waals surface area contributed by atoms with Gasteiger partial charge >= 0.3 is 0 Å². The summed E-state index contributed by atoms with van der Waals surface area (Å²) in [6, 6.07) is 0. The van der Waals surface area contributed by atoms with Gasteiger partial charge < -0.3 is 14.3 Å². The zero-order chi connectivity index (χ0) is 11.7. The Morgan fingerprint density at radius 2 is 1.93 bits per heavy atom. The second kappa shape index (κ2) is 4.37. The summed E-state index contributed by atoms with van der Waals surface area (Å²) in [5, 5.41) is 9.41. The number of ether oxygens (including phenoxy) is 1. The molecule has 1 N–H and O–H groups in total. The van der Waals surface area contributed by atoms with Gasteiger partial charge in [0.2, 0.25) is 0 Å². The molecular formula is C11H22O3Si. The Labute approximate surface area is 93.2 Å². The molecule has 0 aliphatic carbocycles. The Kier molecular flexibility index (Phi) is 3.76. The Hall–Kier alpha value is -0.163. The van der Waals surface area contributed by atoms with E-state index in [4.69, 9.17) is 9.16 Å². The van der Waals surface area contributed by atoms with Crippen molar-refractivity contribution < 1.29 is 14.3 Å². The van der Waals surface area contributed by atoms with E-state index in [1.807, 2.05) is 0 Å². The van der Waals surface area contributed by atoms with E-state index in [9.17, 15) is 5.11 Å². The summed E-state index contributed by atoms with van der Waals surface area (Å²) < 4.78 is 11.4. The molecule has 0 saturated heterocycles. The first-order valence-electron chi connectivity index (χ1n) is 5.38. The van der Waals surface area contributed by atoms with Crippen LogP contribution in [0.25, 0.3) is 0 Å². The Morgan fingerprint density at radius 1 is 1.33 bits per heavy atom. The number of rotatable bonds is 2. The molecule has 0 radical (unpaired) electrons. The first kappa shape index (κ1) is 12.9. The number of aliphatic hydroxyl groups excluding tert-OH is 1. The fraction of sp³-hybridized carbons (Fsp3) is 0.818. The maximum absolute atomic E-state index is 9.23. The quantitative estimate of drug-likeness (QED) is 0.584. The molecule has 0 bridgehead atoms. The molecule has 0 saturated carbocycles. The van der Waals surface area contributed by atoms with Gasteiger partial charge in [0.1, 0.15) is 0 Å². The molecule has 0 amide bonds. The highest BCUT2D eigenvalue weighted by molar-refractivity contribution is 6.74. The van der Waals surface area contributed by atoms with Crippen LogP contribution in [0.2, 0.25) is 18.1 Å². The summed E-state index contributed by atoms with van der Waals surface area (Å²) in [6.45, 7) is 11.3. The van der Waals surface area contributed by atoms with E-state index >= 15 is 0 Å². The molecule has 88 valence electrons. The van der Waals surface area contributed by atoms with Crippen molar-refractivity contribution in [1.82, 2.24) is 0 Å². The first-order chi connectivity index (χ1) is 6.72. The highest BCUT2D eigenvalue weighted by Gasteiger charge is 2.39. The SMILES string of the molecule is CC(C)(C)[Si](C)(C)O[C@H]1C=C[C@H](O)CO1. The molecule has 3 nitrogen and oxygen atoms in total. The van der Waals surface area contributed by atoms with Crippen molar-refractivity contribution in [2.24, 2.45) is 0 Å². The van der Waals surface area contributed by atoms with Crippen LogP contribution in [-0.2, 0) is 9.16 Å². The lowest BCUT2D eigenvalue weighted by Crippen LogP contribution is -2.45. The van der Waals surface area contributed by atoms with E-state index in [0.717, 1.165) is 0 Å². The van der Waals surface area contributed by atoms with E-state index in [2.05, 4.69) is 33.9 Å². The van der Waals surface area contributed by atoms with Gasteiger partial charge in [-0.3, -0.25) is 0 Å². The van der Waals surface area contributed by atoms with Gasteiger partial charge in [-0.25, -0.2) is 0 Å². The lowest BCUT2D eigenvalue weighted by atomic mass is 10.2. The summed E-state index contributed by atoms with van der Waals surface area (Å²) in [4.78, 5) is 0. The van der Waals surface area contributed by atoms with Gasteiger partial charge in [-0.15, -0.1) is 0 Å². The second-order valence-electron chi connectivity index (χ2n) is 5.53. The molecule has 0 aromatic carbocycles. The number of aliphatic hydroxyl groups is 1. The fourth-order valence-electron chi connectivity index (χ4n) is 1.06. The average molecular weight is 230 g/mol. The highest BCUT2D eigenvalue weighted by Crippen LogP contribution is 2.37. The summed E-state index contributed by atoms with van der Waals surface area (Å²) in [5.41, 5.74) is 0.